The summed E-state index contributed by atoms with van der Waals surface area (Å²) in [5, 5.41) is 4.45. The topological polar surface area (TPSA) is 52.6 Å². The van der Waals surface area contributed by atoms with Gasteiger partial charge in [-0.25, -0.2) is 0 Å². The van der Waals surface area contributed by atoms with Crippen LogP contribution in [-0.4, -0.2) is 58.0 Å². The van der Waals surface area contributed by atoms with E-state index in [2.05, 4.69) is 247 Å². The van der Waals surface area contributed by atoms with Crippen LogP contribution < -0.4 is 0 Å². The van der Waals surface area contributed by atoms with Gasteiger partial charge >= 0.3 is 190 Å². The first-order valence-corrected chi connectivity index (χ1v) is 45.5. The maximum atomic E-state index is 5.84. The summed E-state index contributed by atoms with van der Waals surface area (Å²) in [6.07, 6.45) is 3.40. The predicted molar refractivity (Wildman–Crippen MR) is 439 cm³/mol. The van der Waals surface area contributed by atoms with E-state index in [0.717, 1.165) is 50.5 Å². The van der Waals surface area contributed by atoms with Gasteiger partial charge in [-0.2, -0.15) is 0 Å². The van der Waals surface area contributed by atoms with Crippen LogP contribution in [-0.2, 0) is 37.9 Å². The fourth-order valence-corrected chi connectivity index (χ4v) is 32.3. The molecular formula is C82H108O4S6Se4. The van der Waals surface area contributed by atoms with Gasteiger partial charge in [0.15, 0.2) is 22.3 Å². The smallest absolute Gasteiger partial charge is 0.175 e. The van der Waals surface area contributed by atoms with Crippen molar-refractivity contribution in [2.24, 2.45) is 0 Å². The molecule has 14 aromatic heterocycles. The molecule has 0 N–H and O–H groups in total. The summed E-state index contributed by atoms with van der Waals surface area (Å²) in [5.74, 6) is 2.04. The van der Waals surface area contributed by atoms with E-state index in [4.69, 9.17) is 17.7 Å². The first-order chi connectivity index (χ1) is 44.0. The fourth-order valence-electron chi connectivity index (χ4n) is 12.4. The maximum absolute atomic E-state index is 5.84. The second kappa shape index (κ2) is 29.5. The maximum Gasteiger partial charge on any atom is 0.175 e. The van der Waals surface area contributed by atoms with Crippen molar-refractivity contribution in [2.75, 3.05) is 0 Å². The van der Waals surface area contributed by atoms with Gasteiger partial charge in [-0.15, -0.1) is 68.0 Å². The SMILES string of the molecule is Cc1c(C(C)(C)C)[se]c2cc[se]c12.Cc1c(C(C)(C)C)oc2ccoc12.Cc1c(C(C)(C)C)sc2ccsc12.Cc1c[se]c2c(C)c(C(C)(C)C)[se]c12.Cc1coc2c(C)c(C(C)(C)C)oc12.Cc1csc2c(C)c(C(C)(C)C)sc12.Cc1sc2c(C)c(C(C)(C)C)sc2c1C. The molecule has 0 bridgehead atoms. The minimum Gasteiger partial charge on any atom is -0.460 e. The Morgan fingerprint density at radius 3 is 1.38 bits per heavy atom. The van der Waals surface area contributed by atoms with Crippen molar-refractivity contribution in [2.45, 2.75) is 266 Å². The van der Waals surface area contributed by atoms with Crippen molar-refractivity contribution < 1.29 is 17.7 Å². The van der Waals surface area contributed by atoms with Gasteiger partial charge in [-0.05, 0) is 123 Å². The van der Waals surface area contributed by atoms with Gasteiger partial charge in [0.05, 0.1) is 12.5 Å². The van der Waals surface area contributed by atoms with Crippen LogP contribution in [0.25, 0.3) is 67.6 Å². The molecule has 0 atom stereocenters. The van der Waals surface area contributed by atoms with Crippen LogP contribution in [0.15, 0.2) is 69.0 Å². The molecule has 0 radical (unpaired) electrons. The third-order valence-corrected chi connectivity index (χ3v) is 39.8. The zero-order chi connectivity index (χ0) is 71.8. The minimum atomic E-state index is 0.0397. The molecule has 96 heavy (non-hydrogen) atoms. The van der Waals surface area contributed by atoms with Crippen LogP contribution in [0.1, 0.15) is 247 Å². The average molecular weight is 1670 g/mol. The van der Waals surface area contributed by atoms with E-state index in [0.29, 0.717) is 79.7 Å². The Bertz CT molecular complexity index is 4540. The summed E-state index contributed by atoms with van der Waals surface area (Å²) >= 11 is 14.2. The van der Waals surface area contributed by atoms with Gasteiger partial charge in [0.2, 0.25) is 0 Å². The van der Waals surface area contributed by atoms with Crippen molar-refractivity contribution in [3.05, 3.63) is 152 Å². The summed E-state index contributed by atoms with van der Waals surface area (Å²) < 4.78 is 41.5. The molecule has 14 heterocycles. The number of hydrogen-bond donors (Lipinski definition) is 0. The molecule has 0 saturated carbocycles. The van der Waals surface area contributed by atoms with Crippen LogP contribution >= 0.6 is 68.0 Å². The zero-order valence-electron chi connectivity index (χ0n) is 63.9. The number of rotatable bonds is 0. The molecule has 0 amide bonds. The van der Waals surface area contributed by atoms with Crippen LogP contribution in [0.2, 0.25) is 0 Å². The number of aryl methyl sites for hydroxylation is 12. The van der Waals surface area contributed by atoms with Crippen LogP contribution in [0, 0.1) is 83.1 Å². The first-order valence-electron chi connectivity index (χ1n) is 33.4. The van der Waals surface area contributed by atoms with Gasteiger partial charge in [-0.3, -0.25) is 0 Å². The van der Waals surface area contributed by atoms with E-state index in [-0.39, 0.29) is 16.2 Å². The van der Waals surface area contributed by atoms with Gasteiger partial charge in [0.1, 0.15) is 11.5 Å². The molecule has 0 aliphatic rings. The normalized spacial score (nSPS) is 12.6. The molecule has 4 nitrogen and oxygen atoms in total. The Kier molecular flexibility index (Phi) is 24.2. The van der Waals surface area contributed by atoms with E-state index in [1.807, 2.05) is 87.9 Å². The summed E-state index contributed by atoms with van der Waals surface area (Å²) in [6, 6.07) is 6.45. The predicted octanol–water partition coefficient (Wildman–Crippen LogP) is 27.6. The molecule has 520 valence electrons. The Labute approximate surface area is 623 Å². The molecule has 0 aromatic carbocycles. The zero-order valence-corrected chi connectivity index (χ0v) is 75.7. The summed E-state index contributed by atoms with van der Waals surface area (Å²) in [7, 11) is 0. The molecule has 0 spiro atoms. The Morgan fingerprint density at radius 1 is 0.365 bits per heavy atom. The van der Waals surface area contributed by atoms with Crippen LogP contribution in [0.5, 0.6) is 0 Å². The molecule has 0 unspecified atom stereocenters. The molecule has 14 aromatic rings. The van der Waals surface area contributed by atoms with Gasteiger partial charge in [0, 0.05) is 81.3 Å². The van der Waals surface area contributed by atoms with E-state index < -0.39 is 0 Å². The van der Waals surface area contributed by atoms with Crippen molar-refractivity contribution in [3.8, 4) is 0 Å². The number of thiophene rings is 6. The summed E-state index contributed by atoms with van der Waals surface area (Å²) in [4.78, 5) is 10.9. The quantitative estimate of drug-likeness (QED) is 0.142. The Morgan fingerprint density at radius 2 is 0.875 bits per heavy atom. The second-order valence-electron chi connectivity index (χ2n) is 33.2. The van der Waals surface area contributed by atoms with Crippen molar-refractivity contribution in [3.63, 3.8) is 0 Å². The standard InChI is InChI=1S/C13H18S2.C12H16O2.C12H16S2.C12H16Se2.C11H14O2.C11H14S2.C11H14Se2/c1-7-9(3)14-11-8(2)12(13(4,5)6)15-10(7)11;3*1-7-6-13-10-8(2)11(12(3,4)5)14-9(7)10;3*1-7-9-8(5-6-12-9)13-10(7)11(2,3)4/h1-6H3;3*6H,1-5H3;3*5-6H,1-4H3. The molecule has 0 saturated heterocycles. The summed E-state index contributed by atoms with van der Waals surface area (Å²) in [6.45, 7) is 74.1. The Hall–Kier alpha value is -2.86. The van der Waals surface area contributed by atoms with E-state index in [1.54, 1.807) is 64.9 Å². The van der Waals surface area contributed by atoms with Crippen molar-refractivity contribution >= 4 is 194 Å². The minimum absolute atomic E-state index is 0.0397. The first kappa shape index (κ1) is 78.9. The molecule has 14 heteroatoms. The number of furan rings is 4. The van der Waals surface area contributed by atoms with E-state index in [9.17, 15) is 0 Å². The molecular weight excluding hydrogens is 1560 g/mol. The fraction of sp³-hybridized carbons (Fsp3) is 0.488. The third kappa shape index (κ3) is 17.1. The van der Waals surface area contributed by atoms with Crippen molar-refractivity contribution in [1.82, 2.24) is 0 Å². The van der Waals surface area contributed by atoms with Gasteiger partial charge < -0.3 is 17.7 Å². The van der Waals surface area contributed by atoms with Crippen LogP contribution in [0.4, 0.5) is 0 Å². The molecule has 0 aliphatic heterocycles. The van der Waals surface area contributed by atoms with E-state index >= 15 is 0 Å². The molecule has 0 fully saturated rings. The molecule has 14 rings (SSSR count). The average Bonchev–Trinajstić information content (AvgIpc) is 1.65. The Balaban J connectivity index is 0.000000143. The summed E-state index contributed by atoms with van der Waals surface area (Å²) in [5.41, 5.74) is 20.8. The largest absolute Gasteiger partial charge is 0.460 e. The number of fused-ring (bicyclic) bond motifs is 7. The molecule has 0 aliphatic carbocycles. The monoisotopic (exact) mass is 1670 g/mol. The third-order valence-electron chi connectivity index (χ3n) is 17.0. The van der Waals surface area contributed by atoms with Crippen molar-refractivity contribution in [1.29, 1.82) is 0 Å². The van der Waals surface area contributed by atoms with Crippen LogP contribution in [0.3, 0.4) is 0 Å². The van der Waals surface area contributed by atoms with Gasteiger partial charge in [-0.1, -0.05) is 104 Å². The van der Waals surface area contributed by atoms with Gasteiger partial charge in [0.25, 0.3) is 0 Å². The second-order valence-corrected chi connectivity index (χ2v) is 47.4. The number of hydrogen-bond acceptors (Lipinski definition) is 10. The van der Waals surface area contributed by atoms with E-state index in [1.165, 1.54) is 65.8 Å².